The van der Waals surface area contributed by atoms with Crippen molar-refractivity contribution >= 4 is 5.91 Å². The number of aryl methyl sites for hydroxylation is 5. The lowest BCUT2D eigenvalue weighted by molar-refractivity contribution is -0.119. The molecule has 0 heterocycles. The third kappa shape index (κ3) is 4.70. The molecular formula is C22H29NO. The number of amides is 1. The van der Waals surface area contributed by atoms with Crippen LogP contribution in [-0.4, -0.2) is 5.91 Å². The lowest BCUT2D eigenvalue weighted by atomic mass is 9.74. The first-order chi connectivity index (χ1) is 11.2. The topological polar surface area (TPSA) is 43.1 Å². The van der Waals surface area contributed by atoms with Crippen LogP contribution < -0.4 is 5.73 Å². The second-order valence-electron chi connectivity index (χ2n) is 7.58. The fourth-order valence-electron chi connectivity index (χ4n) is 3.68. The number of carbonyl (C=O) groups excluding carboxylic acids is 1. The van der Waals surface area contributed by atoms with Gasteiger partial charge in [0, 0.05) is 11.8 Å². The predicted molar refractivity (Wildman–Crippen MR) is 101 cm³/mol. The molecule has 0 spiro atoms. The molecule has 1 unspecified atom stereocenters. The standard InChI is InChI=1S/C22H29NO/c1-15-8-16(2)11-19(10-15)6-7-22(5,14-21(23)24)20-12-17(3)9-18(4)13-20/h8-13H,6-7,14H2,1-5H3,(H2,23,24). The van der Waals surface area contributed by atoms with Gasteiger partial charge >= 0.3 is 0 Å². The number of rotatable bonds is 6. The van der Waals surface area contributed by atoms with E-state index in [1.165, 1.54) is 33.4 Å². The number of carbonyl (C=O) groups is 1. The van der Waals surface area contributed by atoms with E-state index in [0.717, 1.165) is 12.8 Å². The van der Waals surface area contributed by atoms with Crippen LogP contribution >= 0.6 is 0 Å². The van der Waals surface area contributed by atoms with Gasteiger partial charge in [0.15, 0.2) is 0 Å². The zero-order chi connectivity index (χ0) is 17.9. The first kappa shape index (κ1) is 18.3. The fraction of sp³-hybridized carbons (Fsp3) is 0.409. The molecule has 2 nitrogen and oxygen atoms in total. The molecule has 2 N–H and O–H groups in total. The Morgan fingerprint density at radius 3 is 1.79 bits per heavy atom. The smallest absolute Gasteiger partial charge is 0.218 e. The Labute approximate surface area is 146 Å². The number of benzene rings is 2. The summed E-state index contributed by atoms with van der Waals surface area (Å²) < 4.78 is 0. The van der Waals surface area contributed by atoms with Crippen LogP contribution in [0.15, 0.2) is 36.4 Å². The second-order valence-corrected chi connectivity index (χ2v) is 7.58. The van der Waals surface area contributed by atoms with Crippen LogP contribution in [0.5, 0.6) is 0 Å². The number of nitrogens with two attached hydrogens (primary N) is 1. The van der Waals surface area contributed by atoms with Gasteiger partial charge in [0.05, 0.1) is 0 Å². The van der Waals surface area contributed by atoms with Crippen molar-refractivity contribution in [3.05, 3.63) is 69.8 Å². The lowest BCUT2D eigenvalue weighted by Crippen LogP contribution is -2.30. The highest BCUT2D eigenvalue weighted by molar-refractivity contribution is 5.75. The summed E-state index contributed by atoms with van der Waals surface area (Å²) in [6.45, 7) is 10.6. The van der Waals surface area contributed by atoms with Crippen molar-refractivity contribution in [1.82, 2.24) is 0 Å². The molecule has 1 atom stereocenters. The zero-order valence-electron chi connectivity index (χ0n) is 15.6. The van der Waals surface area contributed by atoms with Gasteiger partial charge in [-0.15, -0.1) is 0 Å². The van der Waals surface area contributed by atoms with E-state index in [2.05, 4.69) is 71.0 Å². The van der Waals surface area contributed by atoms with Crippen molar-refractivity contribution in [1.29, 1.82) is 0 Å². The molecular weight excluding hydrogens is 294 g/mol. The van der Waals surface area contributed by atoms with Crippen molar-refractivity contribution in [2.24, 2.45) is 5.73 Å². The third-order valence-corrected chi connectivity index (χ3v) is 4.73. The van der Waals surface area contributed by atoms with Crippen molar-refractivity contribution in [2.75, 3.05) is 0 Å². The number of hydrogen-bond acceptors (Lipinski definition) is 1. The van der Waals surface area contributed by atoms with Crippen LogP contribution in [0.25, 0.3) is 0 Å². The van der Waals surface area contributed by atoms with Crippen molar-refractivity contribution in [2.45, 2.75) is 59.3 Å². The van der Waals surface area contributed by atoms with Crippen LogP contribution in [0.3, 0.4) is 0 Å². The van der Waals surface area contributed by atoms with Crippen molar-refractivity contribution < 1.29 is 4.79 Å². The molecule has 0 aromatic heterocycles. The van der Waals surface area contributed by atoms with Gasteiger partial charge in [-0.2, -0.15) is 0 Å². The van der Waals surface area contributed by atoms with E-state index in [9.17, 15) is 4.79 Å². The van der Waals surface area contributed by atoms with Gasteiger partial charge in [-0.05, 0) is 51.7 Å². The molecule has 2 heteroatoms. The van der Waals surface area contributed by atoms with Gasteiger partial charge in [0.1, 0.15) is 0 Å². The van der Waals surface area contributed by atoms with Gasteiger partial charge < -0.3 is 5.73 Å². The van der Waals surface area contributed by atoms with E-state index in [-0.39, 0.29) is 11.3 Å². The van der Waals surface area contributed by atoms with E-state index in [4.69, 9.17) is 5.73 Å². The molecule has 128 valence electrons. The Balaban J connectivity index is 2.31. The molecule has 2 aromatic carbocycles. The Bertz CT molecular complexity index is 707. The molecule has 0 aliphatic rings. The quantitative estimate of drug-likeness (QED) is 0.823. The Kier molecular flexibility index (Phi) is 5.48. The van der Waals surface area contributed by atoms with Crippen molar-refractivity contribution in [3.8, 4) is 0 Å². The molecule has 2 aromatic rings. The Morgan fingerprint density at radius 2 is 1.33 bits per heavy atom. The minimum absolute atomic E-state index is 0.236. The maximum Gasteiger partial charge on any atom is 0.218 e. The third-order valence-electron chi connectivity index (χ3n) is 4.73. The highest BCUT2D eigenvalue weighted by Crippen LogP contribution is 2.34. The summed E-state index contributed by atoms with van der Waals surface area (Å²) in [6, 6.07) is 13.2. The maximum absolute atomic E-state index is 11.7. The SMILES string of the molecule is Cc1cc(C)cc(CCC(C)(CC(N)=O)c2cc(C)cc(C)c2)c1. The van der Waals surface area contributed by atoms with Crippen LogP contribution in [0.4, 0.5) is 0 Å². The summed E-state index contributed by atoms with van der Waals surface area (Å²) >= 11 is 0. The fourth-order valence-corrected chi connectivity index (χ4v) is 3.68. The van der Waals surface area contributed by atoms with Gasteiger partial charge in [-0.3, -0.25) is 4.79 Å². The van der Waals surface area contributed by atoms with Crippen LogP contribution in [0.2, 0.25) is 0 Å². The van der Waals surface area contributed by atoms with Gasteiger partial charge in [0.25, 0.3) is 0 Å². The van der Waals surface area contributed by atoms with E-state index in [1.54, 1.807) is 0 Å². The van der Waals surface area contributed by atoms with Crippen LogP contribution in [-0.2, 0) is 16.6 Å². The monoisotopic (exact) mass is 323 g/mol. The number of primary amides is 1. The first-order valence-electron chi connectivity index (χ1n) is 8.62. The molecule has 0 saturated heterocycles. The Morgan fingerprint density at radius 1 is 0.875 bits per heavy atom. The summed E-state index contributed by atoms with van der Waals surface area (Å²) in [4.78, 5) is 11.7. The number of hydrogen-bond donors (Lipinski definition) is 1. The molecule has 1 amide bonds. The summed E-state index contributed by atoms with van der Waals surface area (Å²) in [5.74, 6) is -0.239. The molecule has 0 aliphatic carbocycles. The van der Waals surface area contributed by atoms with E-state index < -0.39 is 0 Å². The molecule has 2 rings (SSSR count). The molecule has 0 bridgehead atoms. The van der Waals surface area contributed by atoms with Crippen molar-refractivity contribution in [3.63, 3.8) is 0 Å². The first-order valence-corrected chi connectivity index (χ1v) is 8.62. The molecule has 0 radical (unpaired) electrons. The lowest BCUT2D eigenvalue weighted by Gasteiger charge is -2.30. The Hall–Kier alpha value is -2.09. The minimum atomic E-state index is -0.239. The van der Waals surface area contributed by atoms with Crippen LogP contribution in [0.1, 0.15) is 53.1 Å². The van der Waals surface area contributed by atoms with Gasteiger partial charge in [-0.25, -0.2) is 0 Å². The summed E-state index contributed by atoms with van der Waals surface area (Å²) in [5.41, 5.74) is 12.9. The summed E-state index contributed by atoms with van der Waals surface area (Å²) in [7, 11) is 0. The average molecular weight is 323 g/mol. The highest BCUT2D eigenvalue weighted by atomic mass is 16.1. The maximum atomic E-state index is 11.7. The molecule has 0 fully saturated rings. The van der Waals surface area contributed by atoms with Crippen LogP contribution in [0, 0.1) is 27.7 Å². The normalized spacial score (nSPS) is 13.5. The van der Waals surface area contributed by atoms with Gasteiger partial charge in [-0.1, -0.05) is 65.6 Å². The average Bonchev–Trinajstić information content (AvgIpc) is 2.42. The van der Waals surface area contributed by atoms with E-state index in [0.29, 0.717) is 6.42 Å². The van der Waals surface area contributed by atoms with E-state index in [1.807, 2.05) is 0 Å². The highest BCUT2D eigenvalue weighted by Gasteiger charge is 2.29. The molecule has 24 heavy (non-hydrogen) atoms. The minimum Gasteiger partial charge on any atom is -0.370 e. The predicted octanol–water partition coefficient (Wildman–Crippen LogP) is 4.69. The molecule has 0 saturated carbocycles. The molecule has 0 aliphatic heterocycles. The van der Waals surface area contributed by atoms with Gasteiger partial charge in [0.2, 0.25) is 5.91 Å². The largest absolute Gasteiger partial charge is 0.370 e. The van der Waals surface area contributed by atoms with E-state index >= 15 is 0 Å². The zero-order valence-corrected chi connectivity index (χ0v) is 15.6. The summed E-state index contributed by atoms with van der Waals surface area (Å²) in [6.07, 6.45) is 2.22. The summed E-state index contributed by atoms with van der Waals surface area (Å²) in [5, 5.41) is 0. The second kappa shape index (κ2) is 7.21.